The van der Waals surface area contributed by atoms with Crippen LogP contribution in [0.15, 0.2) is 47.5 Å². The molecule has 0 saturated carbocycles. The quantitative estimate of drug-likeness (QED) is 0.465. The number of benzene rings is 2. The SMILES string of the molecule is CCNC(=NCc1cccc(C(=O)NC(C)CC)c1)NCc1cc(F)ccc1F. The third kappa shape index (κ3) is 7.18. The van der Waals surface area contributed by atoms with Gasteiger partial charge in [-0.1, -0.05) is 19.1 Å². The van der Waals surface area contributed by atoms with Crippen molar-refractivity contribution in [2.45, 2.75) is 46.3 Å². The van der Waals surface area contributed by atoms with E-state index in [-0.39, 0.29) is 24.1 Å². The molecule has 0 saturated heterocycles. The molecule has 29 heavy (non-hydrogen) atoms. The average Bonchev–Trinajstić information content (AvgIpc) is 2.72. The number of guanidine groups is 1. The largest absolute Gasteiger partial charge is 0.357 e. The maximum absolute atomic E-state index is 13.8. The van der Waals surface area contributed by atoms with E-state index in [0.29, 0.717) is 24.6 Å². The number of nitrogens with zero attached hydrogens (tertiary/aromatic N) is 1. The Kier molecular flexibility index (Phi) is 8.58. The summed E-state index contributed by atoms with van der Waals surface area (Å²) in [5.41, 5.74) is 1.67. The van der Waals surface area contributed by atoms with E-state index in [4.69, 9.17) is 0 Å². The van der Waals surface area contributed by atoms with Gasteiger partial charge in [0.1, 0.15) is 11.6 Å². The van der Waals surface area contributed by atoms with Crippen LogP contribution in [0.1, 0.15) is 48.7 Å². The fourth-order valence-corrected chi connectivity index (χ4v) is 2.59. The number of hydrogen-bond donors (Lipinski definition) is 3. The van der Waals surface area contributed by atoms with E-state index in [2.05, 4.69) is 20.9 Å². The van der Waals surface area contributed by atoms with E-state index in [1.807, 2.05) is 32.9 Å². The Morgan fingerprint density at radius 1 is 1.10 bits per heavy atom. The lowest BCUT2D eigenvalue weighted by Crippen LogP contribution is -2.37. The number of halogens is 2. The molecule has 0 aliphatic heterocycles. The minimum atomic E-state index is -0.488. The second-order valence-electron chi connectivity index (χ2n) is 6.77. The molecular formula is C22H28F2N4O. The molecule has 0 fully saturated rings. The zero-order chi connectivity index (χ0) is 21.2. The Labute approximate surface area is 170 Å². The van der Waals surface area contributed by atoms with Crippen LogP contribution in [0, 0.1) is 11.6 Å². The highest BCUT2D eigenvalue weighted by molar-refractivity contribution is 5.94. The van der Waals surface area contributed by atoms with E-state index in [1.165, 1.54) is 0 Å². The molecule has 1 atom stereocenters. The minimum absolute atomic E-state index is 0.104. The summed E-state index contributed by atoms with van der Waals surface area (Å²) < 4.78 is 27.1. The Morgan fingerprint density at radius 2 is 1.90 bits per heavy atom. The van der Waals surface area contributed by atoms with E-state index in [1.54, 1.807) is 12.1 Å². The Balaban J connectivity index is 2.05. The highest BCUT2D eigenvalue weighted by Crippen LogP contribution is 2.10. The second kappa shape index (κ2) is 11.1. The predicted molar refractivity (Wildman–Crippen MR) is 112 cm³/mol. The van der Waals surface area contributed by atoms with Crippen molar-refractivity contribution in [3.05, 3.63) is 70.8 Å². The van der Waals surface area contributed by atoms with Crippen molar-refractivity contribution in [1.82, 2.24) is 16.0 Å². The molecule has 156 valence electrons. The highest BCUT2D eigenvalue weighted by atomic mass is 19.1. The van der Waals surface area contributed by atoms with Gasteiger partial charge in [0.05, 0.1) is 6.54 Å². The van der Waals surface area contributed by atoms with E-state index < -0.39 is 11.6 Å². The lowest BCUT2D eigenvalue weighted by molar-refractivity contribution is 0.0939. The molecule has 3 N–H and O–H groups in total. The highest BCUT2D eigenvalue weighted by Gasteiger charge is 2.09. The number of nitrogens with one attached hydrogen (secondary N) is 3. The van der Waals surface area contributed by atoms with Gasteiger partial charge in [0.2, 0.25) is 0 Å². The minimum Gasteiger partial charge on any atom is -0.357 e. The first-order valence-corrected chi connectivity index (χ1v) is 9.78. The molecule has 5 nitrogen and oxygen atoms in total. The summed E-state index contributed by atoms with van der Waals surface area (Å²) in [7, 11) is 0. The third-order valence-corrected chi connectivity index (χ3v) is 4.40. The number of carbonyl (C=O) groups is 1. The van der Waals surface area contributed by atoms with Crippen LogP contribution in [-0.2, 0) is 13.1 Å². The van der Waals surface area contributed by atoms with Gasteiger partial charge in [0.25, 0.3) is 5.91 Å². The van der Waals surface area contributed by atoms with Crippen LogP contribution in [0.5, 0.6) is 0 Å². The van der Waals surface area contributed by atoms with Gasteiger partial charge < -0.3 is 16.0 Å². The topological polar surface area (TPSA) is 65.5 Å². The predicted octanol–water partition coefficient (Wildman–Crippen LogP) is 3.75. The molecular weight excluding hydrogens is 374 g/mol. The smallest absolute Gasteiger partial charge is 0.251 e. The van der Waals surface area contributed by atoms with Gasteiger partial charge >= 0.3 is 0 Å². The summed E-state index contributed by atoms with van der Waals surface area (Å²) in [6.07, 6.45) is 0.860. The Hall–Kier alpha value is -2.96. The summed E-state index contributed by atoms with van der Waals surface area (Å²) in [5.74, 6) is -0.602. The van der Waals surface area contributed by atoms with Crippen molar-refractivity contribution < 1.29 is 13.6 Å². The number of carbonyl (C=O) groups excluding carboxylic acids is 1. The summed E-state index contributed by atoms with van der Waals surface area (Å²) in [4.78, 5) is 16.8. The fourth-order valence-electron chi connectivity index (χ4n) is 2.59. The van der Waals surface area contributed by atoms with Crippen molar-refractivity contribution in [2.24, 2.45) is 4.99 Å². The van der Waals surface area contributed by atoms with Crippen LogP contribution in [-0.4, -0.2) is 24.5 Å². The van der Waals surface area contributed by atoms with Crippen LogP contribution >= 0.6 is 0 Å². The van der Waals surface area contributed by atoms with E-state index in [9.17, 15) is 13.6 Å². The molecule has 0 spiro atoms. The molecule has 0 aromatic heterocycles. The lowest BCUT2D eigenvalue weighted by Gasteiger charge is -2.13. The van der Waals surface area contributed by atoms with Crippen molar-refractivity contribution >= 4 is 11.9 Å². The number of hydrogen-bond acceptors (Lipinski definition) is 2. The molecule has 2 aromatic carbocycles. The number of aliphatic imine (C=N–C) groups is 1. The molecule has 2 rings (SSSR count). The van der Waals surface area contributed by atoms with Crippen molar-refractivity contribution in [3.63, 3.8) is 0 Å². The summed E-state index contributed by atoms with van der Waals surface area (Å²) >= 11 is 0. The molecule has 0 heterocycles. The fraction of sp³-hybridized carbons (Fsp3) is 0.364. The van der Waals surface area contributed by atoms with Crippen LogP contribution in [0.4, 0.5) is 8.78 Å². The Morgan fingerprint density at radius 3 is 2.62 bits per heavy atom. The standard InChI is InChI=1S/C22H28F2N4O/c1-4-15(3)28-21(29)17-8-6-7-16(11-17)13-26-22(25-5-2)27-14-18-12-19(23)9-10-20(18)24/h6-12,15H,4-5,13-14H2,1-3H3,(H,28,29)(H2,25,26,27). The number of rotatable bonds is 8. The summed E-state index contributed by atoms with van der Waals surface area (Å²) in [6, 6.07) is 10.7. The van der Waals surface area contributed by atoms with Gasteiger partial charge in [-0.05, 0) is 56.2 Å². The van der Waals surface area contributed by atoms with Gasteiger partial charge in [0, 0.05) is 30.3 Å². The van der Waals surface area contributed by atoms with Crippen LogP contribution in [0.25, 0.3) is 0 Å². The van der Waals surface area contributed by atoms with Gasteiger partial charge in [-0.15, -0.1) is 0 Å². The van der Waals surface area contributed by atoms with Crippen LogP contribution in [0.3, 0.4) is 0 Å². The maximum atomic E-state index is 13.8. The van der Waals surface area contributed by atoms with Gasteiger partial charge in [-0.25, -0.2) is 13.8 Å². The summed E-state index contributed by atoms with van der Waals surface area (Å²) in [6.45, 7) is 6.95. The monoisotopic (exact) mass is 402 g/mol. The molecule has 7 heteroatoms. The van der Waals surface area contributed by atoms with Crippen molar-refractivity contribution in [3.8, 4) is 0 Å². The second-order valence-corrected chi connectivity index (χ2v) is 6.77. The van der Waals surface area contributed by atoms with Crippen LogP contribution < -0.4 is 16.0 Å². The van der Waals surface area contributed by atoms with Crippen molar-refractivity contribution in [1.29, 1.82) is 0 Å². The first-order chi connectivity index (χ1) is 13.9. The third-order valence-electron chi connectivity index (χ3n) is 4.40. The van der Waals surface area contributed by atoms with E-state index in [0.717, 1.165) is 30.2 Å². The zero-order valence-corrected chi connectivity index (χ0v) is 17.1. The van der Waals surface area contributed by atoms with Crippen molar-refractivity contribution in [2.75, 3.05) is 6.54 Å². The maximum Gasteiger partial charge on any atom is 0.251 e. The lowest BCUT2D eigenvalue weighted by atomic mass is 10.1. The molecule has 2 aromatic rings. The number of amides is 1. The Bertz CT molecular complexity index is 854. The normalized spacial score (nSPS) is 12.4. The summed E-state index contributed by atoms with van der Waals surface area (Å²) in [5, 5.41) is 9.01. The van der Waals surface area contributed by atoms with Crippen LogP contribution in [0.2, 0.25) is 0 Å². The first kappa shape index (κ1) is 22.3. The zero-order valence-electron chi connectivity index (χ0n) is 17.1. The molecule has 0 aliphatic carbocycles. The molecule has 1 amide bonds. The van der Waals surface area contributed by atoms with E-state index >= 15 is 0 Å². The average molecular weight is 402 g/mol. The molecule has 0 bridgehead atoms. The van der Waals surface area contributed by atoms with Gasteiger partial charge in [-0.3, -0.25) is 4.79 Å². The molecule has 0 radical (unpaired) electrons. The molecule has 1 unspecified atom stereocenters. The first-order valence-electron chi connectivity index (χ1n) is 9.78. The van der Waals surface area contributed by atoms with Gasteiger partial charge in [-0.2, -0.15) is 0 Å². The molecule has 0 aliphatic rings. The van der Waals surface area contributed by atoms with Gasteiger partial charge in [0.15, 0.2) is 5.96 Å².